The van der Waals surface area contributed by atoms with Crippen LogP contribution in [-0.2, 0) is 28.6 Å². The molecule has 1 aromatic heterocycles. The lowest BCUT2D eigenvalue weighted by molar-refractivity contribution is -0.141. The first-order chi connectivity index (χ1) is 30.7. The van der Waals surface area contributed by atoms with E-state index >= 15 is 0 Å². The molecule has 3 aromatic rings. The van der Waals surface area contributed by atoms with E-state index in [0.29, 0.717) is 17.9 Å². The Hall–Kier alpha value is -6.46. The fourth-order valence-corrected chi connectivity index (χ4v) is 8.77. The number of Topliss-reactive ketones (excluding diaryl/α,β-unsaturated/α-hetero) is 1. The highest BCUT2D eigenvalue weighted by atomic mass is 16.6. The summed E-state index contributed by atoms with van der Waals surface area (Å²) in [5, 5.41) is 8.01. The van der Waals surface area contributed by atoms with Crippen LogP contribution in [0.15, 0.2) is 54.7 Å². The van der Waals surface area contributed by atoms with Crippen LogP contribution in [-0.4, -0.2) is 137 Å². The first-order valence-corrected chi connectivity index (χ1v) is 22.1. The van der Waals surface area contributed by atoms with Crippen LogP contribution in [0.25, 0.3) is 22.4 Å². The highest BCUT2D eigenvalue weighted by Gasteiger charge is 2.57. The SMILES string of the molecule is COC(=O)N[C@H](C(=O)N1CC2(CC1C(=O)NCC(=O)c1ccc(-c3ccc(-c4c[nH]c(C5CCCN5C(=O)[C@@H](NC(=O)OC)C(C)C)n4)cc3)cc1)CN(C(=O)OC(C)(C)C)C2)C(C)C. The Kier molecular flexibility index (Phi) is 14.6. The molecule has 6 amide bonds. The fraction of sp³-hybridized carbons (Fsp3) is 0.532. The molecule has 2 unspecified atom stereocenters. The molecule has 350 valence electrons. The third-order valence-corrected chi connectivity index (χ3v) is 12.2. The number of likely N-dealkylation sites (tertiary alicyclic amines) is 3. The molecule has 0 aliphatic carbocycles. The minimum absolute atomic E-state index is 0.140. The Bertz CT molecular complexity index is 2240. The van der Waals surface area contributed by atoms with Gasteiger partial charge in [-0.05, 0) is 63.0 Å². The number of benzene rings is 2. The average Bonchev–Trinajstić information content (AvgIpc) is 4.04. The number of carbonyl (C=O) groups is 7. The molecule has 18 nitrogen and oxygen atoms in total. The van der Waals surface area contributed by atoms with Crippen molar-refractivity contribution in [3.63, 3.8) is 0 Å². The molecule has 4 N–H and O–H groups in total. The molecule has 0 saturated carbocycles. The number of alkyl carbamates (subject to hydrolysis) is 2. The highest BCUT2D eigenvalue weighted by Crippen LogP contribution is 2.44. The molecule has 4 heterocycles. The Morgan fingerprint density at radius 1 is 0.785 bits per heavy atom. The van der Waals surface area contributed by atoms with E-state index in [1.807, 2.05) is 56.4 Å². The molecule has 0 bridgehead atoms. The molecule has 4 atom stereocenters. The van der Waals surface area contributed by atoms with Gasteiger partial charge in [0.25, 0.3) is 0 Å². The Morgan fingerprint density at radius 2 is 1.32 bits per heavy atom. The Morgan fingerprint density at radius 3 is 1.86 bits per heavy atom. The smallest absolute Gasteiger partial charge is 0.410 e. The number of nitrogens with zero attached hydrogens (tertiary/aromatic N) is 4. The normalized spacial score (nSPS) is 18.8. The van der Waals surface area contributed by atoms with Crippen LogP contribution in [0.2, 0.25) is 0 Å². The van der Waals surface area contributed by atoms with Gasteiger partial charge >= 0.3 is 18.3 Å². The number of ether oxygens (including phenoxy) is 3. The number of nitrogens with one attached hydrogen (secondary N) is 4. The molecular formula is C47H62N8O10. The third kappa shape index (κ3) is 11.1. The van der Waals surface area contributed by atoms with E-state index in [4.69, 9.17) is 19.2 Å². The molecule has 2 aromatic carbocycles. The number of ketones is 1. The molecule has 3 aliphatic heterocycles. The standard InChI is InChI=1S/C47H62N8O10/c1-27(2)37(51-43(60)63-8)41(58)54-20-10-11-34(54)39-48-22-33(50-39)31-16-12-29(13-17-31)30-14-18-32(19-15-30)36(56)23-49-40(57)35-21-47(24-53(25-47)45(62)65-46(5,6)7)26-55(35)42(59)38(28(3)4)52-44(61)64-9/h12-19,22,27-28,34-35,37-38H,10-11,20-21,23-26H2,1-9H3,(H,48,50)(H,49,57)(H,51,60)(H,52,61)/t34?,35?,37-,38-/m0/s1. The number of aromatic amines is 1. The van der Waals surface area contributed by atoms with E-state index in [2.05, 4.69) is 20.9 Å². The third-order valence-electron chi connectivity index (χ3n) is 12.2. The Labute approximate surface area is 379 Å². The number of hydrogen-bond donors (Lipinski definition) is 4. The molecule has 1 spiro atoms. The van der Waals surface area contributed by atoms with Gasteiger partial charge < -0.3 is 49.8 Å². The van der Waals surface area contributed by atoms with Crippen LogP contribution in [0.4, 0.5) is 14.4 Å². The minimum Gasteiger partial charge on any atom is -0.453 e. The van der Waals surface area contributed by atoms with Gasteiger partial charge in [0.2, 0.25) is 17.7 Å². The van der Waals surface area contributed by atoms with Gasteiger partial charge in [0, 0.05) is 48.9 Å². The van der Waals surface area contributed by atoms with Gasteiger partial charge in [0.1, 0.15) is 29.6 Å². The lowest BCUT2D eigenvalue weighted by Crippen LogP contribution is -2.61. The summed E-state index contributed by atoms with van der Waals surface area (Å²) in [7, 11) is 2.47. The summed E-state index contributed by atoms with van der Waals surface area (Å²) < 4.78 is 15.0. The van der Waals surface area contributed by atoms with Crippen LogP contribution in [0.1, 0.15) is 90.0 Å². The summed E-state index contributed by atoms with van der Waals surface area (Å²) in [5.74, 6) is -1.27. The number of hydrogen-bond acceptors (Lipinski definition) is 11. The van der Waals surface area contributed by atoms with Gasteiger partial charge in [-0.3, -0.25) is 19.2 Å². The summed E-state index contributed by atoms with van der Waals surface area (Å²) in [5.41, 5.74) is 2.50. The van der Waals surface area contributed by atoms with Crippen LogP contribution >= 0.6 is 0 Å². The van der Waals surface area contributed by atoms with Crippen molar-refractivity contribution in [3.05, 3.63) is 66.1 Å². The number of methoxy groups -OCH3 is 2. The highest BCUT2D eigenvalue weighted by molar-refractivity contribution is 6.01. The lowest BCUT2D eigenvalue weighted by Gasteiger charge is -2.47. The van der Waals surface area contributed by atoms with Crippen molar-refractivity contribution in [1.29, 1.82) is 0 Å². The monoisotopic (exact) mass is 898 g/mol. The van der Waals surface area contributed by atoms with Crippen molar-refractivity contribution in [2.75, 3.05) is 46.9 Å². The van der Waals surface area contributed by atoms with Crippen molar-refractivity contribution < 1.29 is 47.8 Å². The zero-order chi connectivity index (χ0) is 47.4. The number of carbonyl (C=O) groups excluding carboxylic acids is 7. The predicted molar refractivity (Wildman–Crippen MR) is 239 cm³/mol. The van der Waals surface area contributed by atoms with Crippen molar-refractivity contribution in [2.45, 2.75) is 97.5 Å². The fourth-order valence-electron chi connectivity index (χ4n) is 8.77. The zero-order valence-electron chi connectivity index (χ0n) is 38.7. The van der Waals surface area contributed by atoms with E-state index < -0.39 is 59.2 Å². The molecule has 3 fully saturated rings. The van der Waals surface area contributed by atoms with E-state index in [-0.39, 0.29) is 62.2 Å². The largest absolute Gasteiger partial charge is 0.453 e. The van der Waals surface area contributed by atoms with Crippen molar-refractivity contribution >= 4 is 41.8 Å². The number of amides is 6. The van der Waals surface area contributed by atoms with Crippen LogP contribution < -0.4 is 16.0 Å². The second-order valence-electron chi connectivity index (χ2n) is 18.9. The molecule has 0 radical (unpaired) electrons. The molecule has 65 heavy (non-hydrogen) atoms. The van der Waals surface area contributed by atoms with Gasteiger partial charge in [0.15, 0.2) is 5.78 Å². The second kappa shape index (κ2) is 19.7. The summed E-state index contributed by atoms with van der Waals surface area (Å²) >= 11 is 0. The van der Waals surface area contributed by atoms with Crippen molar-refractivity contribution in [2.24, 2.45) is 17.3 Å². The molecule has 3 saturated heterocycles. The quantitative estimate of drug-likeness (QED) is 0.127. The average molecular weight is 899 g/mol. The van der Waals surface area contributed by atoms with Gasteiger partial charge in [-0.25, -0.2) is 19.4 Å². The summed E-state index contributed by atoms with van der Waals surface area (Å²) in [6.45, 7) is 13.6. The maximum absolute atomic E-state index is 14.0. The number of rotatable bonds is 13. The molecule has 6 rings (SSSR count). The van der Waals surface area contributed by atoms with Crippen molar-refractivity contribution in [1.82, 2.24) is 40.6 Å². The van der Waals surface area contributed by atoms with Crippen LogP contribution in [0, 0.1) is 17.3 Å². The summed E-state index contributed by atoms with van der Waals surface area (Å²) in [6, 6.07) is 12.0. The topological polar surface area (TPSA) is 222 Å². The summed E-state index contributed by atoms with van der Waals surface area (Å²) in [4.78, 5) is 105. The van der Waals surface area contributed by atoms with Gasteiger partial charge in [-0.15, -0.1) is 0 Å². The Balaban J connectivity index is 1.08. The minimum atomic E-state index is -0.973. The van der Waals surface area contributed by atoms with Gasteiger partial charge in [-0.2, -0.15) is 0 Å². The maximum atomic E-state index is 14.0. The van der Waals surface area contributed by atoms with Gasteiger partial charge in [0.05, 0.1) is 32.5 Å². The number of H-pyrrole nitrogens is 1. The van der Waals surface area contributed by atoms with E-state index in [0.717, 1.165) is 35.2 Å². The molecular weight excluding hydrogens is 837 g/mol. The summed E-state index contributed by atoms with van der Waals surface area (Å²) in [6.07, 6.45) is 1.71. The maximum Gasteiger partial charge on any atom is 0.410 e. The van der Waals surface area contributed by atoms with Crippen LogP contribution in [0.3, 0.4) is 0 Å². The molecule has 18 heteroatoms. The van der Waals surface area contributed by atoms with E-state index in [1.165, 1.54) is 19.1 Å². The first kappa shape index (κ1) is 48.0. The second-order valence-corrected chi connectivity index (χ2v) is 18.9. The van der Waals surface area contributed by atoms with E-state index in [1.54, 1.807) is 56.6 Å². The number of aromatic nitrogens is 2. The van der Waals surface area contributed by atoms with Gasteiger partial charge in [-0.1, -0.05) is 76.2 Å². The van der Waals surface area contributed by atoms with Crippen LogP contribution in [0.5, 0.6) is 0 Å². The first-order valence-electron chi connectivity index (χ1n) is 22.1. The van der Waals surface area contributed by atoms with Crippen molar-refractivity contribution in [3.8, 4) is 22.4 Å². The zero-order valence-corrected chi connectivity index (χ0v) is 38.7. The predicted octanol–water partition coefficient (Wildman–Crippen LogP) is 5.31. The molecule has 3 aliphatic rings. The lowest BCUT2D eigenvalue weighted by atomic mass is 9.78. The van der Waals surface area contributed by atoms with E-state index in [9.17, 15) is 33.6 Å². The number of imidazole rings is 1.